The first-order valence-electron chi connectivity index (χ1n) is 8.66. The molecule has 1 amide bonds. The van der Waals surface area contributed by atoms with Crippen LogP contribution < -0.4 is 16.0 Å². The molecule has 0 spiro atoms. The molecule has 0 saturated heterocycles. The van der Waals surface area contributed by atoms with E-state index in [1.165, 1.54) is 0 Å². The Balaban J connectivity index is 0.00000420. The molecule has 0 atom stereocenters. The van der Waals surface area contributed by atoms with Gasteiger partial charge in [0.1, 0.15) is 0 Å². The zero-order valence-corrected chi connectivity index (χ0v) is 19.1. The van der Waals surface area contributed by atoms with E-state index >= 15 is 0 Å². The molecule has 3 N–H and O–H groups in total. The Morgan fingerprint density at radius 1 is 1.24 bits per heavy atom. The summed E-state index contributed by atoms with van der Waals surface area (Å²) >= 11 is 0.985. The van der Waals surface area contributed by atoms with Crippen molar-refractivity contribution in [2.24, 2.45) is 4.99 Å². The molecule has 2 aromatic rings. The third-order valence-electron chi connectivity index (χ3n) is 3.68. The smallest absolute Gasteiger partial charge is 0.356 e. The molecule has 0 unspecified atom stereocenters. The molecule has 0 radical (unpaired) electrons. The summed E-state index contributed by atoms with van der Waals surface area (Å²) in [4.78, 5) is 19.6. The minimum atomic E-state index is -4.41. The van der Waals surface area contributed by atoms with Crippen LogP contribution in [0, 0.1) is 0 Å². The first-order valence-corrected chi connectivity index (χ1v) is 9.54. The quantitative estimate of drug-likeness (QED) is 0.285. The van der Waals surface area contributed by atoms with Crippen LogP contribution in [0.4, 0.5) is 13.2 Å². The van der Waals surface area contributed by atoms with E-state index in [9.17, 15) is 18.0 Å². The highest BCUT2D eigenvalue weighted by Crippen LogP contribution is 2.29. The molecule has 160 valence electrons. The highest BCUT2D eigenvalue weighted by molar-refractivity contribution is 14.0. The standard InChI is InChI=1S/C18H22F3N5OS.HI/c1-3-23-16(27)13-6-4-5-12(9-13)10-25-17(22-2)24-8-7-15-26-14(11-28-15)18(19,20)21;/h4-6,9,11H,3,7-8,10H2,1-2H3,(H,23,27)(H2,22,24,25);1H. The number of benzene rings is 1. The molecule has 11 heteroatoms. The molecular weight excluding hydrogens is 518 g/mol. The van der Waals surface area contributed by atoms with Crippen LogP contribution in [-0.4, -0.2) is 37.0 Å². The van der Waals surface area contributed by atoms with E-state index in [1.807, 2.05) is 13.0 Å². The average molecular weight is 541 g/mol. The van der Waals surface area contributed by atoms with E-state index in [2.05, 4.69) is 25.9 Å². The number of nitrogens with zero attached hydrogens (tertiary/aromatic N) is 2. The van der Waals surface area contributed by atoms with E-state index in [0.29, 0.717) is 42.6 Å². The minimum absolute atomic E-state index is 0. The fourth-order valence-corrected chi connectivity index (χ4v) is 3.14. The summed E-state index contributed by atoms with van der Waals surface area (Å²) < 4.78 is 37.7. The molecule has 0 aliphatic heterocycles. The van der Waals surface area contributed by atoms with E-state index in [1.54, 1.807) is 25.2 Å². The number of thiazole rings is 1. The number of carbonyl (C=O) groups excluding carboxylic acids is 1. The summed E-state index contributed by atoms with van der Waals surface area (Å²) in [7, 11) is 1.60. The van der Waals surface area contributed by atoms with Gasteiger partial charge in [-0.2, -0.15) is 13.2 Å². The lowest BCUT2D eigenvalue weighted by Gasteiger charge is -2.12. The van der Waals surface area contributed by atoms with Crippen LogP contribution in [0.5, 0.6) is 0 Å². The number of aliphatic imine (C=N–C) groups is 1. The van der Waals surface area contributed by atoms with Crippen molar-refractivity contribution < 1.29 is 18.0 Å². The van der Waals surface area contributed by atoms with E-state index in [0.717, 1.165) is 22.3 Å². The number of hydrogen-bond donors (Lipinski definition) is 3. The minimum Gasteiger partial charge on any atom is -0.356 e. The van der Waals surface area contributed by atoms with Crippen LogP contribution >= 0.6 is 35.3 Å². The van der Waals surface area contributed by atoms with Crippen LogP contribution in [0.15, 0.2) is 34.6 Å². The van der Waals surface area contributed by atoms with Gasteiger partial charge in [-0.05, 0) is 24.6 Å². The van der Waals surface area contributed by atoms with E-state index < -0.39 is 11.9 Å². The molecule has 0 saturated carbocycles. The summed E-state index contributed by atoms with van der Waals surface area (Å²) in [5, 5.41) is 10.3. The molecule has 0 fully saturated rings. The number of alkyl halides is 3. The van der Waals surface area contributed by atoms with Gasteiger partial charge < -0.3 is 16.0 Å². The predicted octanol–water partition coefficient (Wildman–Crippen LogP) is 3.44. The Hall–Kier alpha value is -1.89. The lowest BCUT2D eigenvalue weighted by Crippen LogP contribution is -2.37. The molecule has 0 aliphatic carbocycles. The monoisotopic (exact) mass is 541 g/mol. The van der Waals surface area contributed by atoms with Crippen LogP contribution in [0.3, 0.4) is 0 Å². The number of guanidine groups is 1. The second kappa shape index (κ2) is 12.0. The number of nitrogens with one attached hydrogen (secondary N) is 3. The van der Waals surface area contributed by atoms with Crippen LogP contribution in [-0.2, 0) is 19.1 Å². The number of carbonyl (C=O) groups is 1. The Bertz CT molecular complexity index is 826. The summed E-state index contributed by atoms with van der Waals surface area (Å²) in [5.74, 6) is 0.379. The lowest BCUT2D eigenvalue weighted by molar-refractivity contribution is -0.140. The summed E-state index contributed by atoms with van der Waals surface area (Å²) in [6.45, 7) is 3.25. The third-order valence-corrected chi connectivity index (χ3v) is 4.59. The maximum Gasteiger partial charge on any atom is 0.434 e. The van der Waals surface area contributed by atoms with Gasteiger partial charge in [0.05, 0.1) is 5.01 Å². The maximum absolute atomic E-state index is 12.6. The molecule has 6 nitrogen and oxygen atoms in total. The molecular formula is C18H23F3IN5OS. The number of hydrogen-bond acceptors (Lipinski definition) is 4. The largest absolute Gasteiger partial charge is 0.434 e. The first-order chi connectivity index (χ1) is 13.3. The summed E-state index contributed by atoms with van der Waals surface area (Å²) in [6.07, 6.45) is -4.06. The van der Waals surface area contributed by atoms with Crippen molar-refractivity contribution in [3.63, 3.8) is 0 Å². The zero-order chi connectivity index (χ0) is 20.6. The molecule has 1 aromatic heterocycles. The van der Waals surface area contributed by atoms with Crippen molar-refractivity contribution in [2.75, 3.05) is 20.1 Å². The van der Waals surface area contributed by atoms with Gasteiger partial charge in [0.2, 0.25) is 0 Å². The van der Waals surface area contributed by atoms with Gasteiger partial charge in [-0.3, -0.25) is 9.79 Å². The van der Waals surface area contributed by atoms with Crippen molar-refractivity contribution in [1.29, 1.82) is 0 Å². The second-order valence-corrected chi connectivity index (χ2v) is 6.73. The molecule has 29 heavy (non-hydrogen) atoms. The highest BCUT2D eigenvalue weighted by Gasteiger charge is 2.33. The van der Waals surface area contributed by atoms with Gasteiger partial charge in [0.25, 0.3) is 5.91 Å². The molecule has 2 rings (SSSR count). The zero-order valence-electron chi connectivity index (χ0n) is 16.0. The average Bonchev–Trinajstić information content (AvgIpc) is 3.14. The van der Waals surface area contributed by atoms with Gasteiger partial charge in [0, 0.05) is 44.0 Å². The van der Waals surface area contributed by atoms with Crippen molar-refractivity contribution in [3.8, 4) is 0 Å². The van der Waals surface area contributed by atoms with Crippen LogP contribution in [0.25, 0.3) is 0 Å². The second-order valence-electron chi connectivity index (χ2n) is 5.79. The number of amides is 1. The van der Waals surface area contributed by atoms with E-state index in [4.69, 9.17) is 0 Å². The number of rotatable bonds is 7. The van der Waals surface area contributed by atoms with Crippen molar-refractivity contribution in [1.82, 2.24) is 20.9 Å². The number of aromatic nitrogens is 1. The van der Waals surface area contributed by atoms with Gasteiger partial charge in [0.15, 0.2) is 11.7 Å². The Morgan fingerprint density at radius 2 is 2.00 bits per heavy atom. The topological polar surface area (TPSA) is 78.4 Å². The van der Waals surface area contributed by atoms with Gasteiger partial charge >= 0.3 is 6.18 Å². The van der Waals surface area contributed by atoms with Gasteiger partial charge in [-0.1, -0.05) is 12.1 Å². The normalized spacial score (nSPS) is 11.6. The Labute approximate surface area is 188 Å². The fraction of sp³-hybridized carbons (Fsp3) is 0.389. The SMILES string of the molecule is CCNC(=O)c1cccc(CNC(=NC)NCCc2nc(C(F)(F)F)cs2)c1.I. The molecule has 0 bridgehead atoms. The molecule has 1 aromatic carbocycles. The van der Waals surface area contributed by atoms with Crippen LogP contribution in [0.1, 0.15) is 33.5 Å². The Morgan fingerprint density at radius 3 is 2.62 bits per heavy atom. The van der Waals surface area contributed by atoms with Gasteiger partial charge in [-0.25, -0.2) is 4.98 Å². The molecule has 0 aliphatic rings. The van der Waals surface area contributed by atoms with Crippen molar-refractivity contribution >= 4 is 47.2 Å². The molecule has 1 heterocycles. The lowest BCUT2D eigenvalue weighted by atomic mass is 10.1. The van der Waals surface area contributed by atoms with Crippen LogP contribution in [0.2, 0.25) is 0 Å². The van der Waals surface area contributed by atoms with Crippen molar-refractivity contribution in [3.05, 3.63) is 51.5 Å². The third kappa shape index (κ3) is 8.17. The van der Waals surface area contributed by atoms with Gasteiger partial charge in [-0.15, -0.1) is 35.3 Å². The predicted molar refractivity (Wildman–Crippen MR) is 119 cm³/mol. The highest BCUT2D eigenvalue weighted by atomic mass is 127. The van der Waals surface area contributed by atoms with Crippen molar-refractivity contribution in [2.45, 2.75) is 26.1 Å². The summed E-state index contributed by atoms with van der Waals surface area (Å²) in [5.41, 5.74) is 0.622. The Kier molecular flexibility index (Phi) is 10.4. The maximum atomic E-state index is 12.6. The fourth-order valence-electron chi connectivity index (χ4n) is 2.34. The number of halogens is 4. The summed E-state index contributed by atoms with van der Waals surface area (Å²) in [6, 6.07) is 7.22. The first kappa shape index (κ1) is 25.1. The van der Waals surface area contributed by atoms with E-state index in [-0.39, 0.29) is 29.9 Å².